The van der Waals surface area contributed by atoms with Gasteiger partial charge >= 0.3 is 0 Å². The van der Waals surface area contributed by atoms with Crippen LogP contribution in [0.1, 0.15) is 54.9 Å². The molecule has 2 heteroatoms. The van der Waals surface area contributed by atoms with Gasteiger partial charge in [0, 0.05) is 50.3 Å². The van der Waals surface area contributed by atoms with Crippen molar-refractivity contribution < 1.29 is 0 Å². The summed E-state index contributed by atoms with van der Waals surface area (Å²) in [5.74, 6) is 0.353. The second-order valence-corrected chi connectivity index (χ2v) is 13.9. The first-order valence-electron chi connectivity index (χ1n) is 17.0. The monoisotopic (exact) mass is 604 g/mol. The van der Waals surface area contributed by atoms with Gasteiger partial charge in [0.15, 0.2) is 0 Å². The first-order chi connectivity index (χ1) is 23.1. The molecule has 2 heterocycles. The van der Waals surface area contributed by atoms with Crippen molar-refractivity contribution in [2.45, 2.75) is 44.1 Å². The van der Waals surface area contributed by atoms with Crippen LogP contribution in [-0.4, -0.2) is 10.6 Å². The Hall–Kier alpha value is -5.34. The van der Waals surface area contributed by atoms with Gasteiger partial charge in [0.05, 0.1) is 17.1 Å². The minimum Gasteiger partial charge on any atom is -0.333 e. The quantitative estimate of drug-likeness (QED) is 0.195. The Morgan fingerprint density at radius 1 is 0.660 bits per heavy atom. The van der Waals surface area contributed by atoms with Gasteiger partial charge in [-0.1, -0.05) is 135 Å². The summed E-state index contributed by atoms with van der Waals surface area (Å²) in [6, 6.07) is 41.1. The summed E-state index contributed by atoms with van der Waals surface area (Å²) in [4.78, 5) is 2.58. The number of allylic oxidation sites excluding steroid dienone is 6. The molecule has 0 amide bonds. The van der Waals surface area contributed by atoms with Gasteiger partial charge in [-0.3, -0.25) is 0 Å². The number of aromatic nitrogens is 1. The fraction of sp³-hybridized carbons (Fsp3) is 0.156. The van der Waals surface area contributed by atoms with Gasteiger partial charge in [0.1, 0.15) is 0 Å². The molecule has 0 bridgehead atoms. The maximum absolute atomic E-state index is 2.60. The normalized spacial score (nSPS) is 20.2. The highest BCUT2D eigenvalue weighted by atomic mass is 15.2. The van der Waals surface area contributed by atoms with Gasteiger partial charge in [-0.05, 0) is 64.9 Å². The van der Waals surface area contributed by atoms with Crippen molar-refractivity contribution in [2.24, 2.45) is 0 Å². The lowest BCUT2D eigenvalue weighted by Gasteiger charge is -2.31. The maximum atomic E-state index is 2.60. The second-order valence-electron chi connectivity index (χ2n) is 13.9. The summed E-state index contributed by atoms with van der Waals surface area (Å²) in [5, 5.41) is 2.73. The van der Waals surface area contributed by atoms with Crippen LogP contribution in [0.15, 0.2) is 146 Å². The SMILES string of the molecule is CC1(C)c2ccccc2-c2ccc3c(c21)c1ccccc1n3C1=C(c2ccccc2N2c3ccccc3C3C=CC=C[C@@H]32)C=CCC1. The molecule has 1 unspecified atom stereocenters. The Labute approximate surface area is 276 Å². The van der Waals surface area contributed by atoms with E-state index >= 15 is 0 Å². The highest BCUT2D eigenvalue weighted by molar-refractivity contribution is 6.16. The van der Waals surface area contributed by atoms with Crippen LogP contribution in [0, 0.1) is 0 Å². The summed E-state index contributed by atoms with van der Waals surface area (Å²) in [6.07, 6.45) is 15.9. The van der Waals surface area contributed by atoms with Crippen molar-refractivity contribution in [1.82, 2.24) is 4.57 Å². The van der Waals surface area contributed by atoms with E-state index in [0.29, 0.717) is 5.92 Å². The van der Waals surface area contributed by atoms with E-state index in [1.54, 1.807) is 0 Å². The Bertz CT molecular complexity index is 2410. The second kappa shape index (κ2) is 9.83. The van der Waals surface area contributed by atoms with E-state index < -0.39 is 0 Å². The molecule has 47 heavy (non-hydrogen) atoms. The fourth-order valence-corrected chi connectivity index (χ4v) is 9.23. The van der Waals surface area contributed by atoms with Gasteiger partial charge in [-0.25, -0.2) is 0 Å². The third kappa shape index (κ3) is 3.61. The number of hydrogen-bond donors (Lipinski definition) is 0. The summed E-state index contributed by atoms with van der Waals surface area (Å²) < 4.78 is 2.60. The maximum Gasteiger partial charge on any atom is 0.0629 e. The number of fused-ring (bicyclic) bond motifs is 10. The number of benzene rings is 5. The third-order valence-corrected chi connectivity index (χ3v) is 11.2. The highest BCUT2D eigenvalue weighted by Gasteiger charge is 2.40. The molecule has 0 fully saturated rings. The smallest absolute Gasteiger partial charge is 0.0629 e. The van der Waals surface area contributed by atoms with E-state index in [1.807, 2.05) is 0 Å². The molecule has 0 spiro atoms. The van der Waals surface area contributed by atoms with Crippen LogP contribution < -0.4 is 4.90 Å². The third-order valence-electron chi connectivity index (χ3n) is 11.2. The summed E-state index contributed by atoms with van der Waals surface area (Å²) in [5.41, 5.74) is 16.1. The van der Waals surface area contributed by atoms with Crippen LogP contribution in [0.3, 0.4) is 0 Å². The van der Waals surface area contributed by atoms with Crippen molar-refractivity contribution in [3.05, 3.63) is 168 Å². The minimum atomic E-state index is -0.0850. The van der Waals surface area contributed by atoms with E-state index in [1.165, 1.54) is 77.8 Å². The van der Waals surface area contributed by atoms with Crippen LogP contribution >= 0.6 is 0 Å². The Kier molecular flexibility index (Phi) is 5.61. The zero-order valence-corrected chi connectivity index (χ0v) is 26.8. The molecule has 0 saturated carbocycles. The molecule has 226 valence electrons. The van der Waals surface area contributed by atoms with Crippen LogP contribution in [0.5, 0.6) is 0 Å². The summed E-state index contributed by atoms with van der Waals surface area (Å²) in [6.45, 7) is 4.81. The van der Waals surface area contributed by atoms with Crippen molar-refractivity contribution in [2.75, 3.05) is 4.90 Å². The number of anilines is 2. The van der Waals surface area contributed by atoms with Crippen LogP contribution in [0.4, 0.5) is 11.4 Å². The van der Waals surface area contributed by atoms with E-state index in [0.717, 1.165) is 12.8 Å². The molecule has 2 nitrogen and oxygen atoms in total. The lowest BCUT2D eigenvalue weighted by Crippen LogP contribution is -2.29. The largest absolute Gasteiger partial charge is 0.333 e. The van der Waals surface area contributed by atoms with E-state index in [4.69, 9.17) is 0 Å². The van der Waals surface area contributed by atoms with Gasteiger partial charge in [-0.2, -0.15) is 0 Å². The number of nitrogens with zero attached hydrogens (tertiary/aromatic N) is 2. The van der Waals surface area contributed by atoms with E-state index in [9.17, 15) is 0 Å². The molecule has 1 aliphatic heterocycles. The molecular weight excluding hydrogens is 569 g/mol. The molecule has 5 aromatic carbocycles. The lowest BCUT2D eigenvalue weighted by atomic mass is 9.80. The average molecular weight is 605 g/mol. The number of hydrogen-bond acceptors (Lipinski definition) is 1. The lowest BCUT2D eigenvalue weighted by molar-refractivity contribution is 0.666. The molecule has 2 atom stereocenters. The first kappa shape index (κ1) is 26.8. The summed E-state index contributed by atoms with van der Waals surface area (Å²) >= 11 is 0. The number of rotatable bonds is 3. The minimum absolute atomic E-state index is 0.0850. The Morgan fingerprint density at radius 3 is 2.32 bits per heavy atom. The zero-order chi connectivity index (χ0) is 31.3. The van der Waals surface area contributed by atoms with E-state index in [-0.39, 0.29) is 11.5 Å². The van der Waals surface area contributed by atoms with Crippen LogP contribution in [0.2, 0.25) is 0 Å². The predicted octanol–water partition coefficient (Wildman–Crippen LogP) is 11.5. The number of para-hydroxylation sites is 3. The standard InChI is InChI=1S/C45H36N2/c1-45(2)36-21-9-3-15-29(36)34-27-28-42-43(44(34)45)35-20-8-14-26-41(35)47(42)40-25-13-7-19-33(40)32-18-6-12-24-39(32)46-37-22-10-4-16-30(37)31-17-5-11-23-38(31)46/h3-12,14-24,26-28,30,37H,13,25H2,1-2H3/t30?,37-/m0/s1. The Balaban J connectivity index is 1.24. The zero-order valence-electron chi connectivity index (χ0n) is 26.8. The molecule has 0 N–H and O–H groups in total. The molecule has 0 radical (unpaired) electrons. The molecular formula is C45H36N2. The summed E-state index contributed by atoms with van der Waals surface area (Å²) in [7, 11) is 0. The molecule has 0 saturated heterocycles. The molecule has 6 aromatic rings. The van der Waals surface area contributed by atoms with Crippen molar-refractivity contribution in [1.29, 1.82) is 0 Å². The van der Waals surface area contributed by atoms with Gasteiger partial charge in [0.25, 0.3) is 0 Å². The first-order valence-corrected chi connectivity index (χ1v) is 17.0. The predicted molar refractivity (Wildman–Crippen MR) is 198 cm³/mol. The van der Waals surface area contributed by atoms with Crippen molar-refractivity contribution in [3.8, 4) is 11.1 Å². The van der Waals surface area contributed by atoms with Gasteiger partial charge < -0.3 is 9.47 Å². The van der Waals surface area contributed by atoms with E-state index in [2.05, 4.69) is 169 Å². The molecule has 3 aliphatic carbocycles. The van der Waals surface area contributed by atoms with Gasteiger partial charge in [-0.15, -0.1) is 0 Å². The molecule has 4 aliphatic rings. The van der Waals surface area contributed by atoms with Crippen LogP contribution in [-0.2, 0) is 5.41 Å². The topological polar surface area (TPSA) is 8.17 Å². The molecule has 1 aromatic heterocycles. The Morgan fingerprint density at radius 2 is 1.40 bits per heavy atom. The van der Waals surface area contributed by atoms with Crippen LogP contribution in [0.25, 0.3) is 44.2 Å². The average Bonchev–Trinajstić information content (AvgIpc) is 3.72. The highest BCUT2D eigenvalue weighted by Crippen LogP contribution is 2.54. The van der Waals surface area contributed by atoms with Gasteiger partial charge in [0.2, 0.25) is 0 Å². The fourth-order valence-electron chi connectivity index (χ4n) is 9.23. The van der Waals surface area contributed by atoms with Crippen molar-refractivity contribution in [3.63, 3.8) is 0 Å². The van der Waals surface area contributed by atoms with Crippen molar-refractivity contribution >= 4 is 44.5 Å². The molecule has 10 rings (SSSR count).